The van der Waals surface area contributed by atoms with Crippen molar-refractivity contribution < 1.29 is 4.79 Å². The van der Waals surface area contributed by atoms with Gasteiger partial charge in [-0.3, -0.25) is 9.89 Å². The van der Waals surface area contributed by atoms with Crippen LogP contribution in [0.3, 0.4) is 0 Å². The molecular formula is C22H21ClN6O. The lowest BCUT2D eigenvalue weighted by atomic mass is 9.99. The quantitative estimate of drug-likeness (QED) is 0.604. The van der Waals surface area contributed by atoms with Gasteiger partial charge in [-0.15, -0.1) is 0 Å². The Morgan fingerprint density at radius 1 is 1.20 bits per heavy atom. The molecule has 5 rings (SSSR count). The standard InChI is InChI=1S/C22H21ClN6O/c23-17-9-15(8-16-10-26-28-19(16)17)21-20(13-4-2-1-3-5-13)27-18(24)12-29(21)11-14-6-7-25-22(14)30/h1-5,8-10,14H,6-7,11-12H2,(H2,24,27)(H,25,30)(H,26,28). The van der Waals surface area contributed by atoms with Crippen molar-refractivity contribution in [2.24, 2.45) is 16.6 Å². The van der Waals surface area contributed by atoms with Gasteiger partial charge in [-0.1, -0.05) is 41.9 Å². The maximum atomic E-state index is 12.3. The summed E-state index contributed by atoms with van der Waals surface area (Å²) in [5.74, 6) is 0.516. The lowest BCUT2D eigenvalue weighted by molar-refractivity contribution is -0.122. The molecule has 2 aliphatic rings. The summed E-state index contributed by atoms with van der Waals surface area (Å²) in [4.78, 5) is 19.1. The Kier molecular flexibility index (Phi) is 4.67. The number of nitrogens with one attached hydrogen (secondary N) is 2. The largest absolute Gasteiger partial charge is 0.386 e. The zero-order chi connectivity index (χ0) is 20.7. The summed E-state index contributed by atoms with van der Waals surface area (Å²) in [6.07, 6.45) is 2.56. The van der Waals surface area contributed by atoms with Gasteiger partial charge in [-0.2, -0.15) is 5.10 Å². The van der Waals surface area contributed by atoms with Crippen molar-refractivity contribution in [1.82, 2.24) is 20.4 Å². The van der Waals surface area contributed by atoms with Gasteiger partial charge in [0, 0.05) is 29.6 Å². The maximum Gasteiger partial charge on any atom is 0.224 e. The molecule has 1 saturated heterocycles. The number of nitrogens with zero attached hydrogens (tertiary/aromatic N) is 3. The summed E-state index contributed by atoms with van der Waals surface area (Å²) in [5, 5.41) is 11.5. The molecule has 3 heterocycles. The molecule has 0 aliphatic carbocycles. The highest BCUT2D eigenvalue weighted by Gasteiger charge is 2.31. The molecule has 30 heavy (non-hydrogen) atoms. The number of fused-ring (bicyclic) bond motifs is 1. The van der Waals surface area contributed by atoms with E-state index < -0.39 is 0 Å². The highest BCUT2D eigenvalue weighted by Crippen LogP contribution is 2.37. The number of carbonyl (C=O) groups is 1. The zero-order valence-corrected chi connectivity index (χ0v) is 17.0. The van der Waals surface area contributed by atoms with Crippen LogP contribution in [-0.2, 0) is 4.79 Å². The summed E-state index contributed by atoms with van der Waals surface area (Å²) >= 11 is 6.55. The molecule has 3 aromatic rings. The Bertz CT molecular complexity index is 1180. The second-order valence-electron chi connectivity index (χ2n) is 7.62. The van der Waals surface area contributed by atoms with E-state index in [0.29, 0.717) is 30.5 Å². The summed E-state index contributed by atoms with van der Waals surface area (Å²) in [7, 11) is 0. The predicted octanol–water partition coefficient (Wildman–Crippen LogP) is 2.85. The fourth-order valence-corrected chi connectivity index (χ4v) is 4.43. The van der Waals surface area contributed by atoms with Crippen LogP contribution in [0.1, 0.15) is 17.5 Å². The molecule has 7 nitrogen and oxygen atoms in total. The van der Waals surface area contributed by atoms with Crippen molar-refractivity contribution in [3.05, 3.63) is 64.8 Å². The van der Waals surface area contributed by atoms with Gasteiger partial charge >= 0.3 is 0 Å². The third kappa shape index (κ3) is 3.31. The van der Waals surface area contributed by atoms with Crippen molar-refractivity contribution >= 4 is 45.6 Å². The van der Waals surface area contributed by atoms with Gasteiger partial charge in [-0.25, -0.2) is 4.99 Å². The number of hydrogen-bond acceptors (Lipinski definition) is 5. The molecule has 0 bridgehead atoms. The first kappa shape index (κ1) is 18.7. The van der Waals surface area contributed by atoms with Crippen molar-refractivity contribution in [3.63, 3.8) is 0 Å². The first-order valence-electron chi connectivity index (χ1n) is 9.88. The Morgan fingerprint density at radius 3 is 2.80 bits per heavy atom. The van der Waals surface area contributed by atoms with E-state index in [1.54, 1.807) is 6.20 Å². The van der Waals surface area contributed by atoms with Crippen LogP contribution < -0.4 is 11.1 Å². The minimum atomic E-state index is -0.0870. The number of hydrogen-bond donors (Lipinski definition) is 3. The molecule has 1 unspecified atom stereocenters. The minimum absolute atomic E-state index is 0.0833. The van der Waals surface area contributed by atoms with E-state index in [9.17, 15) is 4.79 Å². The van der Waals surface area contributed by atoms with E-state index in [1.165, 1.54) is 0 Å². The first-order valence-corrected chi connectivity index (χ1v) is 10.3. The number of aliphatic imine (C=N–C) groups is 1. The average Bonchev–Trinajstić information content (AvgIpc) is 3.37. The van der Waals surface area contributed by atoms with E-state index in [2.05, 4.69) is 20.4 Å². The molecule has 0 spiro atoms. The number of aromatic nitrogens is 2. The molecule has 1 amide bonds. The van der Waals surface area contributed by atoms with Gasteiger partial charge in [0.15, 0.2) is 0 Å². The molecule has 2 aliphatic heterocycles. The van der Waals surface area contributed by atoms with E-state index in [1.807, 2.05) is 42.5 Å². The SMILES string of the molecule is NC1=NC(c2ccccc2)=C(c2cc(Cl)c3[nH]ncc3c2)N(CC2CCNC2=O)C1. The van der Waals surface area contributed by atoms with Gasteiger partial charge in [0.1, 0.15) is 5.84 Å². The van der Waals surface area contributed by atoms with Crippen LogP contribution in [-0.4, -0.2) is 46.5 Å². The highest BCUT2D eigenvalue weighted by molar-refractivity contribution is 6.35. The third-order valence-electron chi connectivity index (χ3n) is 5.57. The molecule has 0 saturated carbocycles. The van der Waals surface area contributed by atoms with Crippen LogP contribution in [0, 0.1) is 5.92 Å². The molecule has 1 atom stereocenters. The lowest BCUT2D eigenvalue weighted by Crippen LogP contribution is -2.40. The molecule has 2 aromatic carbocycles. The number of aromatic amines is 1. The summed E-state index contributed by atoms with van der Waals surface area (Å²) in [6, 6.07) is 13.9. The van der Waals surface area contributed by atoms with Crippen LogP contribution in [0.25, 0.3) is 22.3 Å². The Labute approximate surface area is 178 Å². The average molecular weight is 421 g/mol. The van der Waals surface area contributed by atoms with Crippen LogP contribution >= 0.6 is 11.6 Å². The lowest BCUT2D eigenvalue weighted by Gasteiger charge is -2.33. The van der Waals surface area contributed by atoms with E-state index in [4.69, 9.17) is 22.3 Å². The fraction of sp³-hybridized carbons (Fsp3) is 0.227. The molecule has 8 heteroatoms. The van der Waals surface area contributed by atoms with Crippen molar-refractivity contribution in [1.29, 1.82) is 0 Å². The number of amides is 1. The summed E-state index contributed by atoms with van der Waals surface area (Å²) in [6.45, 7) is 1.73. The molecule has 1 fully saturated rings. The monoisotopic (exact) mass is 420 g/mol. The number of carbonyl (C=O) groups excluding carboxylic acids is 1. The van der Waals surface area contributed by atoms with E-state index >= 15 is 0 Å². The number of amidine groups is 1. The number of nitrogens with two attached hydrogens (primary N) is 1. The highest BCUT2D eigenvalue weighted by atomic mass is 35.5. The van der Waals surface area contributed by atoms with Gasteiger partial charge < -0.3 is 16.0 Å². The number of rotatable bonds is 4. The summed E-state index contributed by atoms with van der Waals surface area (Å²) < 4.78 is 0. The van der Waals surface area contributed by atoms with Crippen molar-refractivity contribution in [3.8, 4) is 0 Å². The Morgan fingerprint density at radius 2 is 2.03 bits per heavy atom. The number of halogens is 1. The smallest absolute Gasteiger partial charge is 0.224 e. The van der Waals surface area contributed by atoms with Crippen LogP contribution in [0.4, 0.5) is 0 Å². The number of H-pyrrole nitrogens is 1. The van der Waals surface area contributed by atoms with Gasteiger partial charge in [-0.05, 0) is 18.6 Å². The fourth-order valence-electron chi connectivity index (χ4n) is 4.16. The van der Waals surface area contributed by atoms with Crippen molar-refractivity contribution in [2.75, 3.05) is 19.6 Å². The van der Waals surface area contributed by atoms with Crippen LogP contribution in [0.15, 0.2) is 53.7 Å². The molecule has 4 N–H and O–H groups in total. The predicted molar refractivity (Wildman–Crippen MR) is 119 cm³/mol. The topological polar surface area (TPSA) is 99.4 Å². The molecule has 152 valence electrons. The summed E-state index contributed by atoms with van der Waals surface area (Å²) in [5.41, 5.74) is 10.6. The first-order chi connectivity index (χ1) is 14.6. The molecular weight excluding hydrogens is 400 g/mol. The number of benzene rings is 2. The van der Waals surface area contributed by atoms with E-state index in [-0.39, 0.29) is 11.8 Å². The second-order valence-corrected chi connectivity index (χ2v) is 8.02. The zero-order valence-electron chi connectivity index (χ0n) is 16.2. The van der Waals surface area contributed by atoms with Gasteiger partial charge in [0.25, 0.3) is 0 Å². The van der Waals surface area contributed by atoms with Gasteiger partial charge in [0.05, 0.1) is 40.6 Å². The third-order valence-corrected chi connectivity index (χ3v) is 5.87. The van der Waals surface area contributed by atoms with Crippen LogP contribution in [0.5, 0.6) is 0 Å². The van der Waals surface area contributed by atoms with Gasteiger partial charge in [0.2, 0.25) is 5.91 Å². The maximum absolute atomic E-state index is 12.3. The minimum Gasteiger partial charge on any atom is -0.386 e. The Balaban J connectivity index is 1.69. The molecule has 1 aromatic heterocycles. The second kappa shape index (κ2) is 7.50. The normalized spacial score (nSPS) is 19.4. The van der Waals surface area contributed by atoms with Crippen molar-refractivity contribution in [2.45, 2.75) is 6.42 Å². The van der Waals surface area contributed by atoms with Crippen LogP contribution in [0.2, 0.25) is 5.02 Å². The van der Waals surface area contributed by atoms with E-state index in [0.717, 1.165) is 39.8 Å². The Hall–Kier alpha value is -3.32. The molecule has 0 radical (unpaired) electrons.